The first-order valence-corrected chi connectivity index (χ1v) is 9.09. The smallest absolute Gasteiger partial charge is 0.129 e. The highest BCUT2D eigenvalue weighted by Gasteiger charge is 2.35. The van der Waals surface area contributed by atoms with E-state index in [-0.39, 0.29) is 0 Å². The molecule has 0 bridgehead atoms. The van der Waals surface area contributed by atoms with Crippen molar-refractivity contribution >= 4 is 17.4 Å². The van der Waals surface area contributed by atoms with Gasteiger partial charge in [-0.3, -0.25) is 0 Å². The van der Waals surface area contributed by atoms with Gasteiger partial charge in [-0.2, -0.15) is 0 Å². The molecule has 1 aliphatic heterocycles. The zero-order chi connectivity index (χ0) is 14.7. The number of hydrogen-bond acceptors (Lipinski definition) is 2. The number of alkyl halides is 1. The van der Waals surface area contributed by atoms with Crippen molar-refractivity contribution in [2.75, 3.05) is 18.0 Å². The van der Waals surface area contributed by atoms with Crippen molar-refractivity contribution in [3.05, 3.63) is 23.4 Å². The van der Waals surface area contributed by atoms with Crippen LogP contribution in [0.4, 0.5) is 5.82 Å². The van der Waals surface area contributed by atoms with Crippen LogP contribution in [0.15, 0.2) is 12.1 Å². The van der Waals surface area contributed by atoms with Gasteiger partial charge >= 0.3 is 0 Å². The van der Waals surface area contributed by atoms with E-state index < -0.39 is 0 Å². The third-order valence-corrected chi connectivity index (χ3v) is 5.81. The molecular weight excluding hydrogens is 280 g/mol. The van der Waals surface area contributed by atoms with E-state index in [0.717, 1.165) is 12.2 Å². The Labute approximate surface area is 133 Å². The van der Waals surface area contributed by atoms with Crippen molar-refractivity contribution in [3.63, 3.8) is 0 Å². The van der Waals surface area contributed by atoms with Gasteiger partial charge in [0.2, 0.25) is 0 Å². The summed E-state index contributed by atoms with van der Waals surface area (Å²) in [6.45, 7) is 4.50. The van der Waals surface area contributed by atoms with Gasteiger partial charge in [-0.05, 0) is 55.2 Å². The maximum absolute atomic E-state index is 6.04. The molecule has 21 heavy (non-hydrogen) atoms. The zero-order valence-corrected chi connectivity index (χ0v) is 14.0. The Hall–Kier alpha value is -0.760. The first kappa shape index (κ1) is 15.1. The summed E-state index contributed by atoms with van der Waals surface area (Å²) in [5.41, 5.74) is 3.03. The Morgan fingerprint density at radius 2 is 1.81 bits per heavy atom. The van der Waals surface area contributed by atoms with Crippen LogP contribution in [0.25, 0.3) is 0 Å². The van der Waals surface area contributed by atoms with Gasteiger partial charge < -0.3 is 4.90 Å². The summed E-state index contributed by atoms with van der Waals surface area (Å²) in [6, 6.07) is 4.33. The second kappa shape index (κ2) is 6.56. The van der Waals surface area contributed by atoms with E-state index in [4.69, 9.17) is 16.6 Å². The minimum Gasteiger partial charge on any atom is -0.357 e. The summed E-state index contributed by atoms with van der Waals surface area (Å²) in [6.07, 6.45) is 10.9. The molecule has 116 valence electrons. The number of nitrogens with zero attached hydrogens (tertiary/aromatic N) is 2. The number of aromatic nitrogens is 1. The van der Waals surface area contributed by atoms with Crippen LogP contribution in [0.2, 0.25) is 0 Å². The second-order valence-corrected chi connectivity index (χ2v) is 7.13. The van der Waals surface area contributed by atoms with E-state index in [1.807, 2.05) is 0 Å². The van der Waals surface area contributed by atoms with Gasteiger partial charge in [0.1, 0.15) is 5.82 Å². The van der Waals surface area contributed by atoms with E-state index >= 15 is 0 Å². The average molecular weight is 307 g/mol. The number of pyridine rings is 1. The minimum absolute atomic E-state index is 0.584. The summed E-state index contributed by atoms with van der Waals surface area (Å²) in [5.74, 6) is 1.73. The highest BCUT2D eigenvalue weighted by atomic mass is 35.5. The summed E-state index contributed by atoms with van der Waals surface area (Å²) >= 11 is 6.04. The second-order valence-electron chi connectivity index (χ2n) is 6.86. The molecule has 2 nitrogen and oxygen atoms in total. The predicted octanol–water partition coefficient (Wildman–Crippen LogP) is 4.93. The largest absolute Gasteiger partial charge is 0.357 e. The van der Waals surface area contributed by atoms with E-state index in [2.05, 4.69) is 24.0 Å². The van der Waals surface area contributed by atoms with Gasteiger partial charge in [0.05, 0.1) is 0 Å². The molecule has 1 aliphatic carbocycles. The SMILES string of the molecule is CCc1cc(CCl)cc(N2CCC3(CCCCC3)CC2)n1. The lowest BCUT2D eigenvalue weighted by molar-refractivity contribution is 0.144. The van der Waals surface area contributed by atoms with Crippen LogP contribution in [-0.2, 0) is 12.3 Å². The summed E-state index contributed by atoms with van der Waals surface area (Å²) in [4.78, 5) is 7.31. The predicted molar refractivity (Wildman–Crippen MR) is 90.1 cm³/mol. The Morgan fingerprint density at radius 1 is 1.10 bits per heavy atom. The molecular formula is C18H27ClN2. The molecule has 0 radical (unpaired) electrons. The van der Waals surface area contributed by atoms with Crippen molar-refractivity contribution in [1.82, 2.24) is 4.98 Å². The van der Waals surface area contributed by atoms with Gasteiger partial charge in [-0.1, -0.05) is 26.2 Å². The molecule has 0 atom stereocenters. The molecule has 0 aromatic carbocycles. The fraction of sp³-hybridized carbons (Fsp3) is 0.722. The lowest BCUT2D eigenvalue weighted by atomic mass is 9.68. The molecule has 0 amide bonds. The van der Waals surface area contributed by atoms with E-state index in [1.54, 1.807) is 0 Å². The number of rotatable bonds is 3. The first-order valence-electron chi connectivity index (χ1n) is 8.55. The van der Waals surface area contributed by atoms with Crippen LogP contribution in [-0.4, -0.2) is 18.1 Å². The summed E-state index contributed by atoms with van der Waals surface area (Å²) in [5, 5.41) is 0. The summed E-state index contributed by atoms with van der Waals surface area (Å²) < 4.78 is 0. The number of anilines is 1. The van der Waals surface area contributed by atoms with Crippen LogP contribution < -0.4 is 4.90 Å². The fourth-order valence-corrected chi connectivity index (χ4v) is 4.22. The molecule has 1 aromatic rings. The van der Waals surface area contributed by atoms with Crippen LogP contribution in [0, 0.1) is 5.41 Å². The Morgan fingerprint density at radius 3 is 2.43 bits per heavy atom. The van der Waals surface area contributed by atoms with E-state index in [1.165, 1.54) is 69.3 Å². The highest BCUT2D eigenvalue weighted by Crippen LogP contribution is 2.45. The standard InChI is InChI=1S/C18H27ClN2/c1-2-16-12-15(14-19)13-17(20-16)21-10-8-18(9-11-21)6-4-3-5-7-18/h12-13H,2-11,14H2,1H3. The third-order valence-electron chi connectivity index (χ3n) is 5.50. The molecule has 0 unspecified atom stereocenters. The molecule has 1 spiro atoms. The van der Waals surface area contributed by atoms with Crippen molar-refractivity contribution in [2.24, 2.45) is 5.41 Å². The van der Waals surface area contributed by atoms with Crippen LogP contribution in [0.5, 0.6) is 0 Å². The van der Waals surface area contributed by atoms with Crippen LogP contribution >= 0.6 is 11.6 Å². The summed E-state index contributed by atoms with van der Waals surface area (Å²) in [7, 11) is 0. The third kappa shape index (κ3) is 3.36. The molecule has 3 rings (SSSR count). The molecule has 2 heterocycles. The zero-order valence-electron chi connectivity index (χ0n) is 13.2. The molecule has 1 saturated heterocycles. The Bertz CT molecular complexity index is 448. The lowest BCUT2D eigenvalue weighted by Gasteiger charge is -2.44. The maximum Gasteiger partial charge on any atom is 0.129 e. The molecule has 3 heteroatoms. The lowest BCUT2D eigenvalue weighted by Crippen LogP contribution is -2.41. The molecule has 1 saturated carbocycles. The normalized spacial score (nSPS) is 21.7. The highest BCUT2D eigenvalue weighted by molar-refractivity contribution is 6.17. The van der Waals surface area contributed by atoms with Crippen molar-refractivity contribution in [2.45, 2.75) is 64.2 Å². The minimum atomic E-state index is 0.584. The van der Waals surface area contributed by atoms with Gasteiger partial charge in [-0.15, -0.1) is 11.6 Å². The Balaban J connectivity index is 1.71. The van der Waals surface area contributed by atoms with Crippen LogP contribution in [0.1, 0.15) is 63.1 Å². The molecule has 2 fully saturated rings. The van der Waals surface area contributed by atoms with Crippen molar-refractivity contribution in [1.29, 1.82) is 0 Å². The van der Waals surface area contributed by atoms with Gasteiger partial charge in [-0.25, -0.2) is 4.98 Å². The van der Waals surface area contributed by atoms with Crippen molar-refractivity contribution in [3.8, 4) is 0 Å². The maximum atomic E-state index is 6.04. The van der Waals surface area contributed by atoms with Gasteiger partial charge in [0.25, 0.3) is 0 Å². The van der Waals surface area contributed by atoms with Crippen LogP contribution in [0.3, 0.4) is 0 Å². The number of halogens is 1. The molecule has 1 aromatic heterocycles. The van der Waals surface area contributed by atoms with E-state index in [9.17, 15) is 0 Å². The van der Waals surface area contributed by atoms with Crippen molar-refractivity contribution < 1.29 is 0 Å². The number of aryl methyl sites for hydroxylation is 1. The number of hydrogen-bond donors (Lipinski definition) is 0. The monoisotopic (exact) mass is 306 g/mol. The first-order chi connectivity index (χ1) is 10.2. The average Bonchev–Trinajstić information content (AvgIpc) is 2.55. The Kier molecular flexibility index (Phi) is 4.73. The molecule has 0 N–H and O–H groups in total. The van der Waals surface area contributed by atoms with Gasteiger partial charge in [0.15, 0.2) is 0 Å². The fourth-order valence-electron chi connectivity index (χ4n) is 4.07. The topological polar surface area (TPSA) is 16.1 Å². The van der Waals surface area contributed by atoms with Gasteiger partial charge in [0, 0.05) is 24.7 Å². The number of piperidine rings is 1. The quantitative estimate of drug-likeness (QED) is 0.736. The van der Waals surface area contributed by atoms with E-state index in [0.29, 0.717) is 11.3 Å². The molecule has 2 aliphatic rings.